The van der Waals surface area contributed by atoms with Gasteiger partial charge >= 0.3 is 6.18 Å². The van der Waals surface area contributed by atoms with Crippen molar-refractivity contribution < 1.29 is 22.7 Å². The molecule has 12 heteroatoms. The lowest BCUT2D eigenvalue weighted by Gasteiger charge is -2.27. The van der Waals surface area contributed by atoms with E-state index in [0.717, 1.165) is 17.5 Å². The number of alkyl halides is 3. The van der Waals surface area contributed by atoms with Gasteiger partial charge in [-0.1, -0.05) is 24.3 Å². The third kappa shape index (κ3) is 4.90. The number of amides is 1. The van der Waals surface area contributed by atoms with Crippen LogP contribution in [-0.4, -0.2) is 42.1 Å². The highest BCUT2D eigenvalue weighted by atomic mass is 19.4. The standard InChI is InChI=1S/C27H30F3N7O2/c1-16(2)34-15-22(27(28,29)30)32-26(34)19-8-6-18(7-9-19)14-35-23-12-20(33-36(23)11-10-24(35)38)25-21(39-5)13-31-37(25)17(3)4/h6-9,12-13,15-17H,10-11,14H2,1-5H3. The van der Waals surface area contributed by atoms with E-state index < -0.39 is 11.9 Å². The molecule has 1 amide bonds. The Morgan fingerprint density at radius 2 is 1.79 bits per heavy atom. The fourth-order valence-electron chi connectivity index (χ4n) is 4.75. The van der Waals surface area contributed by atoms with E-state index in [2.05, 4.69) is 10.1 Å². The van der Waals surface area contributed by atoms with E-state index in [4.69, 9.17) is 9.84 Å². The van der Waals surface area contributed by atoms with Crippen LogP contribution in [0.2, 0.25) is 0 Å². The summed E-state index contributed by atoms with van der Waals surface area (Å²) in [6.45, 7) is 8.40. The molecule has 4 heterocycles. The molecule has 206 valence electrons. The molecule has 1 aliphatic heterocycles. The largest absolute Gasteiger partial charge is 0.493 e. The van der Waals surface area contributed by atoms with Crippen LogP contribution in [0.15, 0.2) is 42.7 Å². The first-order chi connectivity index (χ1) is 18.5. The number of fused-ring (bicyclic) bond motifs is 1. The predicted molar refractivity (Wildman–Crippen MR) is 139 cm³/mol. The number of anilines is 1. The van der Waals surface area contributed by atoms with Gasteiger partial charge in [-0.15, -0.1) is 0 Å². The van der Waals surface area contributed by atoms with Crippen LogP contribution in [0.1, 0.15) is 57.5 Å². The summed E-state index contributed by atoms with van der Waals surface area (Å²) in [7, 11) is 1.58. The highest BCUT2D eigenvalue weighted by Gasteiger charge is 2.35. The Balaban J connectivity index is 1.44. The fourth-order valence-corrected chi connectivity index (χ4v) is 4.75. The monoisotopic (exact) mass is 541 g/mol. The van der Waals surface area contributed by atoms with E-state index in [1.54, 1.807) is 35.0 Å². The number of hydrogen-bond acceptors (Lipinski definition) is 5. The van der Waals surface area contributed by atoms with E-state index in [9.17, 15) is 18.0 Å². The molecule has 0 bridgehead atoms. The number of benzene rings is 1. The summed E-state index contributed by atoms with van der Waals surface area (Å²) in [6.07, 6.45) is -1.53. The second kappa shape index (κ2) is 9.90. The van der Waals surface area contributed by atoms with Gasteiger partial charge in [-0.3, -0.25) is 14.4 Å². The van der Waals surface area contributed by atoms with Crippen LogP contribution in [0.4, 0.5) is 19.0 Å². The lowest BCUT2D eigenvalue weighted by molar-refractivity contribution is -0.140. The molecule has 0 radical (unpaired) electrons. The molecule has 1 aliphatic rings. The van der Waals surface area contributed by atoms with Crippen molar-refractivity contribution in [3.8, 4) is 28.5 Å². The molecule has 0 atom stereocenters. The van der Waals surface area contributed by atoms with Crippen LogP contribution in [-0.2, 0) is 24.1 Å². The highest BCUT2D eigenvalue weighted by Crippen LogP contribution is 2.36. The summed E-state index contributed by atoms with van der Waals surface area (Å²) in [4.78, 5) is 18.5. The van der Waals surface area contributed by atoms with E-state index in [1.807, 2.05) is 50.6 Å². The van der Waals surface area contributed by atoms with Crippen molar-refractivity contribution in [1.29, 1.82) is 0 Å². The van der Waals surface area contributed by atoms with Crippen molar-refractivity contribution in [2.75, 3.05) is 12.0 Å². The molecule has 1 aromatic carbocycles. The Labute approximate surface area is 223 Å². The zero-order valence-electron chi connectivity index (χ0n) is 22.4. The van der Waals surface area contributed by atoms with Crippen molar-refractivity contribution in [2.45, 2.75) is 65.5 Å². The van der Waals surface area contributed by atoms with E-state index in [-0.39, 0.29) is 30.4 Å². The number of nitrogens with zero attached hydrogens (tertiary/aromatic N) is 7. The van der Waals surface area contributed by atoms with Crippen LogP contribution in [0.3, 0.4) is 0 Å². The summed E-state index contributed by atoms with van der Waals surface area (Å²) in [6, 6.07) is 8.83. The Morgan fingerprint density at radius 1 is 1.08 bits per heavy atom. The summed E-state index contributed by atoms with van der Waals surface area (Å²) in [5, 5.41) is 9.18. The van der Waals surface area contributed by atoms with E-state index in [0.29, 0.717) is 35.8 Å². The summed E-state index contributed by atoms with van der Waals surface area (Å²) in [5.74, 6) is 1.47. The molecule has 0 spiro atoms. The summed E-state index contributed by atoms with van der Waals surface area (Å²) >= 11 is 0. The number of hydrogen-bond donors (Lipinski definition) is 0. The van der Waals surface area contributed by atoms with Crippen LogP contribution in [0, 0.1) is 0 Å². The molecule has 0 aliphatic carbocycles. The van der Waals surface area contributed by atoms with Gasteiger partial charge in [0, 0.05) is 36.3 Å². The van der Waals surface area contributed by atoms with E-state index in [1.165, 1.54) is 4.57 Å². The maximum atomic E-state index is 13.3. The van der Waals surface area contributed by atoms with Crippen LogP contribution in [0.5, 0.6) is 5.75 Å². The first-order valence-electron chi connectivity index (χ1n) is 12.7. The molecule has 0 N–H and O–H groups in total. The van der Waals surface area contributed by atoms with Crippen LogP contribution in [0.25, 0.3) is 22.8 Å². The number of rotatable bonds is 7. The third-order valence-corrected chi connectivity index (χ3v) is 6.72. The molecule has 39 heavy (non-hydrogen) atoms. The van der Waals surface area contributed by atoms with Crippen molar-refractivity contribution >= 4 is 11.7 Å². The van der Waals surface area contributed by atoms with Gasteiger partial charge in [-0.05, 0) is 33.3 Å². The Bertz CT molecular complexity index is 1500. The quantitative estimate of drug-likeness (QED) is 0.298. The van der Waals surface area contributed by atoms with Crippen molar-refractivity contribution in [3.63, 3.8) is 0 Å². The van der Waals surface area contributed by atoms with Gasteiger partial charge in [0.25, 0.3) is 0 Å². The highest BCUT2D eigenvalue weighted by molar-refractivity contribution is 5.94. The zero-order chi connectivity index (χ0) is 28.1. The first kappa shape index (κ1) is 26.5. The van der Waals surface area contributed by atoms with Gasteiger partial charge < -0.3 is 9.30 Å². The predicted octanol–water partition coefficient (Wildman–Crippen LogP) is 5.74. The van der Waals surface area contributed by atoms with Gasteiger partial charge in [0.2, 0.25) is 5.91 Å². The Morgan fingerprint density at radius 3 is 2.41 bits per heavy atom. The SMILES string of the molecule is COc1cnn(C(C)C)c1-c1cc2n(n1)CCC(=O)N2Cc1ccc(-c2nc(C(F)(F)F)cn2C(C)C)cc1. The molecule has 0 fully saturated rings. The maximum Gasteiger partial charge on any atom is 0.434 e. The third-order valence-electron chi connectivity index (χ3n) is 6.72. The molecule has 3 aromatic heterocycles. The second-order valence-corrected chi connectivity index (χ2v) is 10.1. The average Bonchev–Trinajstić information content (AvgIpc) is 3.62. The molecule has 0 saturated heterocycles. The fraction of sp³-hybridized carbons (Fsp3) is 0.407. The molecule has 5 rings (SSSR count). The van der Waals surface area contributed by atoms with Crippen LogP contribution < -0.4 is 9.64 Å². The molecule has 4 aromatic rings. The number of carbonyl (C=O) groups is 1. The smallest absolute Gasteiger partial charge is 0.434 e. The molecule has 0 saturated carbocycles. The normalized spacial score (nSPS) is 14.0. The van der Waals surface area contributed by atoms with Gasteiger partial charge in [0.05, 0.1) is 26.4 Å². The number of halogens is 3. The molecule has 0 unspecified atom stereocenters. The maximum absolute atomic E-state index is 13.3. The number of aromatic nitrogens is 6. The lowest BCUT2D eigenvalue weighted by Crippen LogP contribution is -2.36. The van der Waals surface area contributed by atoms with Crippen molar-refractivity contribution in [1.82, 2.24) is 29.1 Å². The second-order valence-electron chi connectivity index (χ2n) is 10.1. The number of methoxy groups -OCH3 is 1. The molecule has 9 nitrogen and oxygen atoms in total. The molecular weight excluding hydrogens is 511 g/mol. The van der Waals surface area contributed by atoms with Crippen molar-refractivity contribution in [2.24, 2.45) is 0 Å². The Kier molecular flexibility index (Phi) is 6.73. The number of carbonyl (C=O) groups excluding carboxylic acids is 1. The van der Waals surface area contributed by atoms with Gasteiger partial charge in [0.15, 0.2) is 11.4 Å². The number of aryl methyl sites for hydroxylation is 1. The lowest BCUT2D eigenvalue weighted by atomic mass is 10.1. The minimum absolute atomic E-state index is 0.0347. The zero-order valence-corrected chi connectivity index (χ0v) is 22.4. The van der Waals surface area contributed by atoms with Crippen molar-refractivity contribution in [3.05, 3.63) is 54.0 Å². The number of imidazole rings is 1. The first-order valence-corrected chi connectivity index (χ1v) is 12.7. The molecular formula is C27H30F3N7O2. The minimum atomic E-state index is -4.53. The van der Waals surface area contributed by atoms with Gasteiger partial charge in [-0.25, -0.2) is 9.67 Å². The number of ether oxygens (including phenoxy) is 1. The summed E-state index contributed by atoms with van der Waals surface area (Å²) in [5.41, 5.74) is 1.86. The average molecular weight is 542 g/mol. The summed E-state index contributed by atoms with van der Waals surface area (Å²) < 4.78 is 50.6. The van der Waals surface area contributed by atoms with Gasteiger partial charge in [0.1, 0.15) is 23.0 Å². The Hall–Kier alpha value is -4.09. The van der Waals surface area contributed by atoms with Crippen LogP contribution >= 0.6 is 0 Å². The topological polar surface area (TPSA) is 83.0 Å². The van der Waals surface area contributed by atoms with Gasteiger partial charge in [-0.2, -0.15) is 23.4 Å². The minimum Gasteiger partial charge on any atom is -0.493 e. The van der Waals surface area contributed by atoms with E-state index >= 15 is 0 Å².